The van der Waals surface area contributed by atoms with Crippen molar-refractivity contribution in [3.8, 4) is 0 Å². The van der Waals surface area contributed by atoms with Gasteiger partial charge < -0.3 is 15.0 Å². The Morgan fingerprint density at radius 2 is 2.24 bits per heavy atom. The van der Waals surface area contributed by atoms with Crippen molar-refractivity contribution in [2.75, 3.05) is 30.5 Å². The normalized spacial score (nSPS) is 13.0. The first-order chi connectivity index (χ1) is 12.1. The van der Waals surface area contributed by atoms with E-state index in [1.165, 1.54) is 7.11 Å². The van der Waals surface area contributed by atoms with Crippen LogP contribution in [0.15, 0.2) is 23.6 Å². The number of methoxy groups -OCH3 is 1. The van der Waals surface area contributed by atoms with Crippen LogP contribution < -0.4 is 10.2 Å². The van der Waals surface area contributed by atoms with Crippen LogP contribution in [0.5, 0.6) is 0 Å². The summed E-state index contributed by atoms with van der Waals surface area (Å²) in [5, 5.41) is 5.89. The summed E-state index contributed by atoms with van der Waals surface area (Å²) in [6, 6.07) is 5.64. The minimum Gasteiger partial charge on any atom is -0.375 e. The van der Waals surface area contributed by atoms with E-state index in [9.17, 15) is 9.59 Å². The molecular formula is C18H21N3O3S. The number of carbonyl (C=O) groups is 2. The van der Waals surface area contributed by atoms with Gasteiger partial charge in [0.05, 0.1) is 17.1 Å². The second-order valence-corrected chi connectivity index (χ2v) is 6.83. The lowest BCUT2D eigenvalue weighted by Crippen LogP contribution is -2.31. The Morgan fingerprint density at radius 1 is 1.40 bits per heavy atom. The van der Waals surface area contributed by atoms with Gasteiger partial charge in [0.25, 0.3) is 5.91 Å². The van der Waals surface area contributed by atoms with Crippen molar-refractivity contribution in [3.63, 3.8) is 0 Å². The SMILES string of the molecule is CCc1nc(CC(=O)Nc2ccc3c(c2)CCN3C(=O)COC)cs1. The number of rotatable bonds is 6. The average Bonchev–Trinajstić information content (AvgIpc) is 3.21. The Morgan fingerprint density at radius 3 is 2.96 bits per heavy atom. The second-order valence-electron chi connectivity index (χ2n) is 5.88. The van der Waals surface area contributed by atoms with Gasteiger partial charge in [-0.15, -0.1) is 11.3 Å². The fourth-order valence-electron chi connectivity index (χ4n) is 2.90. The summed E-state index contributed by atoms with van der Waals surface area (Å²) in [5.41, 5.74) is 3.50. The second kappa shape index (κ2) is 7.76. The van der Waals surface area contributed by atoms with E-state index in [0.717, 1.165) is 40.5 Å². The highest BCUT2D eigenvalue weighted by Gasteiger charge is 2.24. The van der Waals surface area contributed by atoms with Gasteiger partial charge in [-0.05, 0) is 36.6 Å². The van der Waals surface area contributed by atoms with Gasteiger partial charge in [-0.3, -0.25) is 9.59 Å². The van der Waals surface area contributed by atoms with Crippen LogP contribution >= 0.6 is 11.3 Å². The fourth-order valence-corrected chi connectivity index (χ4v) is 3.65. The minimum atomic E-state index is -0.0850. The molecular weight excluding hydrogens is 338 g/mol. The molecule has 0 spiro atoms. The number of aromatic nitrogens is 1. The van der Waals surface area contributed by atoms with E-state index in [-0.39, 0.29) is 24.8 Å². The van der Waals surface area contributed by atoms with Crippen LogP contribution in [0.25, 0.3) is 0 Å². The van der Waals surface area contributed by atoms with Crippen LogP contribution in [0.1, 0.15) is 23.2 Å². The van der Waals surface area contributed by atoms with Crippen LogP contribution in [0.4, 0.5) is 11.4 Å². The molecule has 6 nitrogen and oxygen atoms in total. The summed E-state index contributed by atoms with van der Waals surface area (Å²) in [6.07, 6.45) is 1.93. The summed E-state index contributed by atoms with van der Waals surface area (Å²) in [5.74, 6) is -0.133. The quantitative estimate of drug-likeness (QED) is 0.860. The number of anilines is 2. The Bertz CT molecular complexity index is 788. The zero-order valence-electron chi connectivity index (χ0n) is 14.4. The van der Waals surface area contributed by atoms with Crippen molar-refractivity contribution < 1.29 is 14.3 Å². The van der Waals surface area contributed by atoms with Gasteiger partial charge in [-0.25, -0.2) is 4.98 Å². The summed E-state index contributed by atoms with van der Waals surface area (Å²) >= 11 is 1.58. The third-order valence-corrected chi connectivity index (χ3v) is 5.11. The maximum absolute atomic E-state index is 12.2. The number of nitrogens with zero attached hydrogens (tertiary/aromatic N) is 2. The van der Waals surface area contributed by atoms with Crippen LogP contribution in [-0.4, -0.2) is 37.1 Å². The predicted octanol–water partition coefficient (Wildman–Crippen LogP) is 2.42. The number of nitrogens with one attached hydrogen (secondary N) is 1. The van der Waals surface area contributed by atoms with E-state index in [0.29, 0.717) is 6.54 Å². The molecule has 0 radical (unpaired) electrons. The molecule has 1 aromatic carbocycles. The Kier molecular flexibility index (Phi) is 5.45. The summed E-state index contributed by atoms with van der Waals surface area (Å²) in [6.45, 7) is 2.77. The van der Waals surface area contributed by atoms with Crippen molar-refractivity contribution >= 4 is 34.5 Å². The molecule has 132 valence electrons. The lowest BCUT2D eigenvalue weighted by atomic mass is 10.1. The summed E-state index contributed by atoms with van der Waals surface area (Å²) < 4.78 is 4.92. The number of benzene rings is 1. The number of thiazole rings is 1. The molecule has 0 bridgehead atoms. The molecule has 2 heterocycles. The van der Waals surface area contributed by atoms with Gasteiger partial charge in [-0.2, -0.15) is 0 Å². The molecule has 25 heavy (non-hydrogen) atoms. The number of fused-ring (bicyclic) bond motifs is 1. The number of aryl methyl sites for hydroxylation is 1. The zero-order chi connectivity index (χ0) is 17.8. The predicted molar refractivity (Wildman–Crippen MR) is 98.2 cm³/mol. The van der Waals surface area contributed by atoms with Crippen LogP contribution in [0.2, 0.25) is 0 Å². The van der Waals surface area contributed by atoms with Gasteiger partial charge in [-0.1, -0.05) is 6.92 Å². The fraction of sp³-hybridized carbons (Fsp3) is 0.389. The maximum atomic E-state index is 12.2. The molecule has 0 unspecified atom stereocenters. The number of carbonyl (C=O) groups excluding carboxylic acids is 2. The maximum Gasteiger partial charge on any atom is 0.252 e. The van der Waals surface area contributed by atoms with Gasteiger partial charge in [0, 0.05) is 30.4 Å². The number of amides is 2. The van der Waals surface area contributed by atoms with Crippen LogP contribution in [0.3, 0.4) is 0 Å². The smallest absolute Gasteiger partial charge is 0.252 e. The van der Waals surface area contributed by atoms with E-state index >= 15 is 0 Å². The van der Waals surface area contributed by atoms with Gasteiger partial charge in [0.2, 0.25) is 5.91 Å². The third-order valence-electron chi connectivity index (χ3n) is 4.07. The Labute approximate surface area is 150 Å². The van der Waals surface area contributed by atoms with Crippen molar-refractivity contribution in [2.24, 2.45) is 0 Å². The first-order valence-corrected chi connectivity index (χ1v) is 9.14. The first-order valence-electron chi connectivity index (χ1n) is 8.26. The molecule has 1 aliphatic heterocycles. The van der Waals surface area contributed by atoms with Crippen LogP contribution in [-0.2, 0) is 33.6 Å². The molecule has 2 amide bonds. The topological polar surface area (TPSA) is 71.5 Å². The third kappa shape index (κ3) is 4.05. The highest BCUT2D eigenvalue weighted by Crippen LogP contribution is 2.30. The van der Waals surface area contributed by atoms with Gasteiger partial charge in [0.1, 0.15) is 6.61 Å². The Hall–Kier alpha value is -2.25. The average molecular weight is 359 g/mol. The molecule has 1 aromatic heterocycles. The molecule has 0 aliphatic carbocycles. The van der Waals surface area contributed by atoms with Gasteiger partial charge in [0.15, 0.2) is 0 Å². The lowest BCUT2D eigenvalue weighted by molar-refractivity contribution is -0.122. The number of ether oxygens (including phenoxy) is 1. The molecule has 0 atom stereocenters. The van der Waals surface area contributed by atoms with Crippen molar-refractivity contribution in [2.45, 2.75) is 26.2 Å². The highest BCUT2D eigenvalue weighted by atomic mass is 32.1. The van der Waals surface area contributed by atoms with E-state index in [1.54, 1.807) is 16.2 Å². The molecule has 2 aromatic rings. The lowest BCUT2D eigenvalue weighted by Gasteiger charge is -2.17. The molecule has 7 heteroatoms. The monoisotopic (exact) mass is 359 g/mol. The Balaban J connectivity index is 1.64. The van der Waals surface area contributed by atoms with E-state index in [4.69, 9.17) is 4.74 Å². The molecule has 0 fully saturated rings. The summed E-state index contributed by atoms with van der Waals surface area (Å²) in [7, 11) is 1.51. The molecule has 0 saturated carbocycles. The number of hydrogen-bond donors (Lipinski definition) is 1. The molecule has 3 rings (SSSR count). The van der Waals surface area contributed by atoms with Gasteiger partial charge >= 0.3 is 0 Å². The zero-order valence-corrected chi connectivity index (χ0v) is 15.2. The standard InChI is InChI=1S/C18H21N3O3S/c1-3-17-20-14(11-25-17)9-16(22)19-13-4-5-15-12(8-13)6-7-21(15)18(23)10-24-2/h4-5,8,11H,3,6-7,9-10H2,1-2H3,(H,19,22). The summed E-state index contributed by atoms with van der Waals surface area (Å²) in [4.78, 5) is 30.4. The van der Waals surface area contributed by atoms with Crippen LogP contribution in [0, 0.1) is 0 Å². The van der Waals surface area contributed by atoms with E-state index < -0.39 is 0 Å². The van der Waals surface area contributed by atoms with E-state index in [1.807, 2.05) is 30.5 Å². The van der Waals surface area contributed by atoms with Crippen molar-refractivity contribution in [1.82, 2.24) is 4.98 Å². The number of hydrogen-bond acceptors (Lipinski definition) is 5. The highest BCUT2D eigenvalue weighted by molar-refractivity contribution is 7.09. The largest absolute Gasteiger partial charge is 0.375 e. The van der Waals surface area contributed by atoms with E-state index in [2.05, 4.69) is 10.3 Å². The molecule has 1 aliphatic rings. The first kappa shape index (κ1) is 17.6. The minimum absolute atomic E-state index is 0.0479. The molecule has 1 N–H and O–H groups in total. The van der Waals surface area contributed by atoms with Crippen molar-refractivity contribution in [3.05, 3.63) is 39.8 Å². The van der Waals surface area contributed by atoms with Crippen molar-refractivity contribution in [1.29, 1.82) is 0 Å². The molecule has 0 saturated heterocycles.